The first-order valence-corrected chi connectivity index (χ1v) is 8.42. The minimum Gasteiger partial charge on any atom is -0.352 e. The smallest absolute Gasteiger partial charge is 0.195 e. The maximum absolute atomic E-state index is 6.05. The van der Waals surface area contributed by atoms with Crippen LogP contribution >= 0.6 is 11.3 Å². The van der Waals surface area contributed by atoms with Crippen molar-refractivity contribution in [2.75, 3.05) is 11.4 Å². The van der Waals surface area contributed by atoms with Gasteiger partial charge < -0.3 is 10.6 Å². The third-order valence-electron chi connectivity index (χ3n) is 4.50. The number of aromatic nitrogens is 2. The number of hydrogen-bond donors (Lipinski definition) is 1. The zero-order valence-corrected chi connectivity index (χ0v) is 13.4. The molecule has 3 rings (SSSR count). The molecule has 4 nitrogen and oxygen atoms in total. The zero-order valence-electron chi connectivity index (χ0n) is 12.5. The van der Waals surface area contributed by atoms with Gasteiger partial charge in [-0.15, -0.1) is 11.3 Å². The van der Waals surface area contributed by atoms with Gasteiger partial charge in [-0.3, -0.25) is 4.40 Å². The molecule has 3 heterocycles. The lowest BCUT2D eigenvalue weighted by Crippen LogP contribution is -2.43. The molecule has 3 unspecified atom stereocenters. The highest BCUT2D eigenvalue weighted by Crippen LogP contribution is 2.32. The lowest BCUT2D eigenvalue weighted by molar-refractivity contribution is 0.361. The standard InChI is InChI=1S/C15H24N4S/c1-10-5-4-6-18(12(10)3)14-13(9-11(2)16)19-7-8-20-15(19)17-14/h7-8,10-12H,4-6,9,16H2,1-3H3. The van der Waals surface area contributed by atoms with E-state index in [9.17, 15) is 0 Å². The summed E-state index contributed by atoms with van der Waals surface area (Å²) in [5.74, 6) is 1.89. The van der Waals surface area contributed by atoms with Gasteiger partial charge in [0.15, 0.2) is 10.8 Å². The van der Waals surface area contributed by atoms with E-state index in [1.54, 1.807) is 11.3 Å². The van der Waals surface area contributed by atoms with Gasteiger partial charge in [0.2, 0.25) is 0 Å². The topological polar surface area (TPSA) is 46.6 Å². The van der Waals surface area contributed by atoms with Gasteiger partial charge in [-0.2, -0.15) is 0 Å². The van der Waals surface area contributed by atoms with Crippen LogP contribution in [0.15, 0.2) is 11.6 Å². The van der Waals surface area contributed by atoms with Gasteiger partial charge in [-0.1, -0.05) is 6.92 Å². The van der Waals surface area contributed by atoms with E-state index in [1.807, 2.05) is 0 Å². The summed E-state index contributed by atoms with van der Waals surface area (Å²) in [5, 5.41) is 2.10. The summed E-state index contributed by atoms with van der Waals surface area (Å²) in [4.78, 5) is 8.46. The van der Waals surface area contributed by atoms with Crippen molar-refractivity contribution in [1.29, 1.82) is 0 Å². The summed E-state index contributed by atoms with van der Waals surface area (Å²) in [7, 11) is 0. The molecular weight excluding hydrogens is 268 g/mol. The Hall–Kier alpha value is -1.07. The van der Waals surface area contributed by atoms with E-state index in [0.717, 1.165) is 29.7 Å². The summed E-state index contributed by atoms with van der Waals surface area (Å²) >= 11 is 1.70. The number of nitrogens with two attached hydrogens (primary N) is 1. The van der Waals surface area contributed by atoms with Crippen LogP contribution in [0.1, 0.15) is 39.3 Å². The van der Waals surface area contributed by atoms with E-state index < -0.39 is 0 Å². The third-order valence-corrected chi connectivity index (χ3v) is 5.26. The van der Waals surface area contributed by atoms with Gasteiger partial charge in [0.05, 0.1) is 5.69 Å². The third kappa shape index (κ3) is 2.33. The first kappa shape index (κ1) is 13.9. The second-order valence-corrected chi connectivity index (χ2v) is 7.05. The van der Waals surface area contributed by atoms with Crippen molar-refractivity contribution in [1.82, 2.24) is 9.38 Å². The zero-order chi connectivity index (χ0) is 14.3. The number of hydrogen-bond acceptors (Lipinski definition) is 4. The average Bonchev–Trinajstić information content (AvgIpc) is 2.95. The Morgan fingerprint density at radius 1 is 1.50 bits per heavy atom. The minimum atomic E-state index is 0.158. The molecule has 0 radical (unpaired) electrons. The predicted molar refractivity (Wildman–Crippen MR) is 85.6 cm³/mol. The second-order valence-electron chi connectivity index (χ2n) is 6.17. The molecule has 1 fully saturated rings. The number of nitrogens with zero attached hydrogens (tertiary/aromatic N) is 3. The quantitative estimate of drug-likeness (QED) is 0.946. The van der Waals surface area contributed by atoms with Crippen molar-refractivity contribution in [3.05, 3.63) is 17.3 Å². The lowest BCUT2D eigenvalue weighted by Gasteiger charge is -2.38. The highest BCUT2D eigenvalue weighted by Gasteiger charge is 2.29. The van der Waals surface area contributed by atoms with Crippen LogP contribution in [0.3, 0.4) is 0 Å². The van der Waals surface area contributed by atoms with Crippen LogP contribution in [0, 0.1) is 5.92 Å². The minimum absolute atomic E-state index is 0.158. The molecule has 110 valence electrons. The lowest BCUT2D eigenvalue weighted by atomic mass is 9.92. The molecule has 0 aliphatic carbocycles. The van der Waals surface area contributed by atoms with E-state index in [2.05, 4.69) is 41.6 Å². The maximum Gasteiger partial charge on any atom is 0.195 e. The highest BCUT2D eigenvalue weighted by atomic mass is 32.1. The van der Waals surface area contributed by atoms with Gasteiger partial charge in [0.1, 0.15) is 0 Å². The Kier molecular flexibility index (Phi) is 3.73. The van der Waals surface area contributed by atoms with Gasteiger partial charge >= 0.3 is 0 Å². The van der Waals surface area contributed by atoms with Crippen LogP contribution < -0.4 is 10.6 Å². The normalized spacial score (nSPS) is 25.3. The number of fused-ring (bicyclic) bond motifs is 1. The number of piperidine rings is 1. The van der Waals surface area contributed by atoms with Crippen LogP contribution in [-0.2, 0) is 6.42 Å². The van der Waals surface area contributed by atoms with Crippen LogP contribution in [0.5, 0.6) is 0 Å². The van der Waals surface area contributed by atoms with Crippen molar-refractivity contribution < 1.29 is 0 Å². The molecule has 5 heteroatoms. The average molecular weight is 292 g/mol. The van der Waals surface area contributed by atoms with Crippen LogP contribution in [0.25, 0.3) is 4.96 Å². The van der Waals surface area contributed by atoms with Crippen molar-refractivity contribution in [2.45, 2.75) is 52.1 Å². The van der Waals surface area contributed by atoms with E-state index in [4.69, 9.17) is 10.7 Å². The molecule has 2 aromatic heterocycles. The summed E-state index contributed by atoms with van der Waals surface area (Å²) in [6.07, 6.45) is 5.58. The fraction of sp³-hybridized carbons (Fsp3) is 0.667. The van der Waals surface area contributed by atoms with Crippen molar-refractivity contribution in [3.63, 3.8) is 0 Å². The molecule has 1 saturated heterocycles. The molecule has 20 heavy (non-hydrogen) atoms. The van der Waals surface area contributed by atoms with Crippen LogP contribution in [0.4, 0.5) is 5.82 Å². The number of anilines is 1. The van der Waals surface area contributed by atoms with Crippen molar-refractivity contribution in [3.8, 4) is 0 Å². The van der Waals surface area contributed by atoms with Crippen LogP contribution in [0.2, 0.25) is 0 Å². The second kappa shape index (κ2) is 5.37. The summed E-state index contributed by atoms with van der Waals surface area (Å²) in [6, 6.07) is 0.714. The summed E-state index contributed by atoms with van der Waals surface area (Å²) in [5.41, 5.74) is 7.32. The van der Waals surface area contributed by atoms with Crippen LogP contribution in [-0.4, -0.2) is 28.0 Å². The monoisotopic (exact) mass is 292 g/mol. The Morgan fingerprint density at radius 2 is 2.30 bits per heavy atom. The molecule has 0 spiro atoms. The highest BCUT2D eigenvalue weighted by molar-refractivity contribution is 7.15. The van der Waals surface area contributed by atoms with Gasteiger partial charge in [0.25, 0.3) is 0 Å². The summed E-state index contributed by atoms with van der Waals surface area (Å²) < 4.78 is 2.22. The molecule has 0 amide bonds. The van der Waals surface area contributed by atoms with Crippen molar-refractivity contribution >= 4 is 22.1 Å². The first-order chi connectivity index (χ1) is 9.58. The summed E-state index contributed by atoms with van der Waals surface area (Å²) in [6.45, 7) is 7.85. The van der Waals surface area contributed by atoms with E-state index >= 15 is 0 Å². The number of rotatable bonds is 3. The molecule has 2 N–H and O–H groups in total. The Balaban J connectivity index is 2.03. The van der Waals surface area contributed by atoms with Gasteiger partial charge in [-0.05, 0) is 32.6 Å². The molecule has 0 aromatic carbocycles. The largest absolute Gasteiger partial charge is 0.352 e. The fourth-order valence-corrected chi connectivity index (χ4v) is 3.91. The van der Waals surface area contributed by atoms with Crippen molar-refractivity contribution in [2.24, 2.45) is 11.7 Å². The number of imidazole rings is 1. The molecule has 3 atom stereocenters. The van der Waals surface area contributed by atoms with Gasteiger partial charge in [-0.25, -0.2) is 4.98 Å². The van der Waals surface area contributed by atoms with E-state index in [1.165, 1.54) is 18.5 Å². The number of thiazole rings is 1. The van der Waals surface area contributed by atoms with Gasteiger partial charge in [0, 0.05) is 36.6 Å². The molecule has 0 saturated carbocycles. The molecule has 1 aliphatic rings. The Morgan fingerprint density at radius 3 is 3.05 bits per heavy atom. The maximum atomic E-state index is 6.05. The molecular formula is C15H24N4S. The van der Waals surface area contributed by atoms with E-state index in [0.29, 0.717) is 6.04 Å². The molecule has 1 aliphatic heterocycles. The Bertz CT molecular complexity index is 586. The molecule has 2 aromatic rings. The molecule has 0 bridgehead atoms. The fourth-order valence-electron chi connectivity index (χ4n) is 3.18. The van der Waals surface area contributed by atoms with E-state index in [-0.39, 0.29) is 6.04 Å². The Labute approximate surface area is 124 Å². The predicted octanol–water partition coefficient (Wildman–Crippen LogP) is 2.91. The SMILES string of the molecule is CC(N)Cc1c(N2CCCC(C)C2C)nc2sccn12. The first-order valence-electron chi connectivity index (χ1n) is 7.54.